The highest BCUT2D eigenvalue weighted by Crippen LogP contribution is 2.14. The average Bonchev–Trinajstić information content (AvgIpc) is 2.52. The van der Waals surface area contributed by atoms with E-state index in [9.17, 15) is 9.90 Å². The monoisotopic (exact) mass is 298 g/mol. The van der Waals surface area contributed by atoms with Crippen LogP contribution in [0.4, 0.5) is 5.69 Å². The first-order valence-corrected chi connectivity index (χ1v) is 7.42. The van der Waals surface area contributed by atoms with E-state index in [2.05, 4.69) is 24.5 Å². The number of rotatable bonds is 6. The topological polar surface area (TPSA) is 61.4 Å². The zero-order valence-electron chi connectivity index (χ0n) is 12.9. The summed E-state index contributed by atoms with van der Waals surface area (Å²) in [7, 11) is 0. The molecule has 2 aromatic carbocycles. The molecule has 1 amide bonds. The lowest BCUT2D eigenvalue weighted by Crippen LogP contribution is -2.28. The Morgan fingerprint density at radius 3 is 2.50 bits per heavy atom. The van der Waals surface area contributed by atoms with Crippen LogP contribution in [-0.2, 0) is 11.3 Å². The molecule has 0 heterocycles. The summed E-state index contributed by atoms with van der Waals surface area (Å²) in [6.07, 6.45) is -1.14. The smallest absolute Gasteiger partial charge is 0.253 e. The van der Waals surface area contributed by atoms with Crippen molar-refractivity contribution in [1.29, 1.82) is 0 Å². The second-order valence-electron chi connectivity index (χ2n) is 5.53. The molecule has 1 atom stereocenters. The standard InChI is InChI=1S/C18H22N2O2/c1-13(2)20-16-10-6-7-14(11-16)12-19-18(22)17(21)15-8-4-3-5-9-15/h3-11,13,17,20-21H,12H2,1-2H3,(H,19,22). The SMILES string of the molecule is CC(C)Nc1cccc(CNC(=O)C(O)c2ccccc2)c1. The number of carbonyl (C=O) groups is 1. The van der Waals surface area contributed by atoms with Gasteiger partial charge in [0.1, 0.15) is 0 Å². The van der Waals surface area contributed by atoms with Crippen LogP contribution in [0.3, 0.4) is 0 Å². The Bertz CT molecular complexity index is 611. The molecule has 0 bridgehead atoms. The number of aliphatic hydroxyl groups excluding tert-OH is 1. The van der Waals surface area contributed by atoms with Gasteiger partial charge in [-0.25, -0.2) is 0 Å². The molecule has 0 aliphatic carbocycles. The summed E-state index contributed by atoms with van der Waals surface area (Å²) in [5.41, 5.74) is 2.60. The Labute approximate surface area is 131 Å². The highest BCUT2D eigenvalue weighted by Gasteiger charge is 2.16. The Balaban J connectivity index is 1.93. The van der Waals surface area contributed by atoms with E-state index < -0.39 is 12.0 Å². The summed E-state index contributed by atoms with van der Waals surface area (Å²) in [4.78, 5) is 12.0. The van der Waals surface area contributed by atoms with Crippen molar-refractivity contribution in [3.8, 4) is 0 Å². The van der Waals surface area contributed by atoms with Crippen molar-refractivity contribution in [3.05, 3.63) is 65.7 Å². The summed E-state index contributed by atoms with van der Waals surface area (Å²) in [5, 5.41) is 16.1. The Morgan fingerprint density at radius 1 is 1.09 bits per heavy atom. The molecule has 0 aromatic heterocycles. The molecule has 0 saturated heterocycles. The third kappa shape index (κ3) is 4.60. The van der Waals surface area contributed by atoms with E-state index in [1.807, 2.05) is 30.3 Å². The Hall–Kier alpha value is -2.33. The van der Waals surface area contributed by atoms with Crippen molar-refractivity contribution in [2.24, 2.45) is 0 Å². The third-order valence-electron chi connectivity index (χ3n) is 3.21. The molecular formula is C18H22N2O2. The number of benzene rings is 2. The lowest BCUT2D eigenvalue weighted by atomic mass is 10.1. The Morgan fingerprint density at radius 2 is 1.82 bits per heavy atom. The van der Waals surface area contributed by atoms with Gasteiger partial charge in [0, 0.05) is 18.3 Å². The summed E-state index contributed by atoms with van der Waals surface area (Å²) in [5.74, 6) is -0.395. The van der Waals surface area contributed by atoms with Gasteiger partial charge in [-0.05, 0) is 37.1 Å². The van der Waals surface area contributed by atoms with Crippen molar-refractivity contribution in [2.75, 3.05) is 5.32 Å². The first kappa shape index (κ1) is 16.0. The van der Waals surface area contributed by atoms with E-state index in [4.69, 9.17) is 0 Å². The predicted octanol–water partition coefficient (Wildman–Crippen LogP) is 2.86. The van der Waals surface area contributed by atoms with Crippen LogP contribution < -0.4 is 10.6 Å². The zero-order chi connectivity index (χ0) is 15.9. The molecule has 1 unspecified atom stereocenters. The van der Waals surface area contributed by atoms with E-state index >= 15 is 0 Å². The number of anilines is 1. The summed E-state index contributed by atoms with van der Waals surface area (Å²) < 4.78 is 0. The zero-order valence-corrected chi connectivity index (χ0v) is 12.9. The largest absolute Gasteiger partial charge is 0.383 e. The average molecular weight is 298 g/mol. The highest BCUT2D eigenvalue weighted by molar-refractivity contribution is 5.81. The van der Waals surface area contributed by atoms with Gasteiger partial charge < -0.3 is 15.7 Å². The minimum absolute atomic E-state index is 0.352. The molecule has 4 heteroatoms. The van der Waals surface area contributed by atoms with Crippen molar-refractivity contribution in [3.63, 3.8) is 0 Å². The molecule has 4 nitrogen and oxygen atoms in total. The molecule has 0 saturated carbocycles. The van der Waals surface area contributed by atoms with Gasteiger partial charge in [0.25, 0.3) is 5.91 Å². The van der Waals surface area contributed by atoms with Crippen LogP contribution in [-0.4, -0.2) is 17.1 Å². The van der Waals surface area contributed by atoms with Crippen LogP contribution in [0.25, 0.3) is 0 Å². The number of nitrogens with one attached hydrogen (secondary N) is 2. The van der Waals surface area contributed by atoms with Crippen LogP contribution in [0.1, 0.15) is 31.1 Å². The Kier molecular flexibility index (Phi) is 5.55. The molecule has 116 valence electrons. The van der Waals surface area contributed by atoms with Crippen molar-refractivity contribution >= 4 is 11.6 Å². The fourth-order valence-electron chi connectivity index (χ4n) is 2.18. The molecule has 3 N–H and O–H groups in total. The van der Waals surface area contributed by atoms with Gasteiger partial charge in [-0.3, -0.25) is 4.79 Å². The number of hydrogen-bond acceptors (Lipinski definition) is 3. The minimum atomic E-state index is -1.14. The first-order chi connectivity index (χ1) is 10.6. The highest BCUT2D eigenvalue weighted by atomic mass is 16.3. The molecule has 2 aromatic rings. The maximum atomic E-state index is 12.0. The van der Waals surface area contributed by atoms with Gasteiger partial charge in [-0.15, -0.1) is 0 Å². The van der Waals surface area contributed by atoms with Gasteiger partial charge >= 0.3 is 0 Å². The van der Waals surface area contributed by atoms with E-state index in [-0.39, 0.29) is 0 Å². The molecule has 0 aliphatic rings. The fourth-order valence-corrected chi connectivity index (χ4v) is 2.18. The fraction of sp³-hybridized carbons (Fsp3) is 0.278. The van der Waals surface area contributed by atoms with Gasteiger partial charge in [0.2, 0.25) is 0 Å². The summed E-state index contributed by atoms with van der Waals surface area (Å²) in [6, 6.07) is 17.1. The molecule has 0 spiro atoms. The van der Waals surface area contributed by atoms with Crippen LogP contribution >= 0.6 is 0 Å². The van der Waals surface area contributed by atoms with Gasteiger partial charge in [-0.2, -0.15) is 0 Å². The van der Waals surface area contributed by atoms with Crippen LogP contribution in [0.15, 0.2) is 54.6 Å². The van der Waals surface area contributed by atoms with Crippen LogP contribution in [0.5, 0.6) is 0 Å². The molecule has 0 aliphatic heterocycles. The van der Waals surface area contributed by atoms with E-state index in [0.717, 1.165) is 11.3 Å². The van der Waals surface area contributed by atoms with Gasteiger partial charge in [0.15, 0.2) is 6.10 Å². The third-order valence-corrected chi connectivity index (χ3v) is 3.21. The quantitative estimate of drug-likeness (QED) is 0.768. The number of hydrogen-bond donors (Lipinski definition) is 3. The lowest BCUT2D eigenvalue weighted by molar-refractivity contribution is -0.129. The van der Waals surface area contributed by atoms with E-state index in [1.54, 1.807) is 24.3 Å². The second-order valence-corrected chi connectivity index (χ2v) is 5.53. The molecule has 22 heavy (non-hydrogen) atoms. The molecule has 0 fully saturated rings. The van der Waals surface area contributed by atoms with Crippen LogP contribution in [0, 0.1) is 0 Å². The van der Waals surface area contributed by atoms with Gasteiger partial charge in [0.05, 0.1) is 0 Å². The van der Waals surface area contributed by atoms with Crippen LogP contribution in [0.2, 0.25) is 0 Å². The van der Waals surface area contributed by atoms with Gasteiger partial charge in [-0.1, -0.05) is 42.5 Å². The van der Waals surface area contributed by atoms with Crippen molar-refractivity contribution in [1.82, 2.24) is 5.32 Å². The van der Waals surface area contributed by atoms with E-state index in [0.29, 0.717) is 18.2 Å². The van der Waals surface area contributed by atoms with Crippen molar-refractivity contribution < 1.29 is 9.90 Å². The normalized spacial score (nSPS) is 12.0. The first-order valence-electron chi connectivity index (χ1n) is 7.42. The molecule has 2 rings (SSSR count). The summed E-state index contributed by atoms with van der Waals surface area (Å²) in [6.45, 7) is 4.53. The van der Waals surface area contributed by atoms with E-state index in [1.165, 1.54) is 0 Å². The number of carbonyl (C=O) groups excluding carboxylic acids is 1. The van der Waals surface area contributed by atoms with Crippen molar-refractivity contribution in [2.45, 2.75) is 32.5 Å². The second kappa shape index (κ2) is 7.61. The minimum Gasteiger partial charge on any atom is -0.383 e. The molecule has 0 radical (unpaired) electrons. The number of amides is 1. The predicted molar refractivity (Wildman–Crippen MR) is 88.4 cm³/mol. The maximum absolute atomic E-state index is 12.0. The number of aliphatic hydroxyl groups is 1. The maximum Gasteiger partial charge on any atom is 0.253 e. The molecular weight excluding hydrogens is 276 g/mol. The lowest BCUT2D eigenvalue weighted by Gasteiger charge is -2.13. The summed E-state index contributed by atoms with van der Waals surface area (Å²) >= 11 is 0.